The van der Waals surface area contributed by atoms with Crippen molar-refractivity contribution >= 4 is 17.6 Å². The Morgan fingerprint density at radius 2 is 1.71 bits per heavy atom. The molecule has 0 saturated heterocycles. The van der Waals surface area contributed by atoms with E-state index < -0.39 is 18.0 Å². The minimum Gasteiger partial charge on any atom is -0.493 e. The summed E-state index contributed by atoms with van der Waals surface area (Å²) in [5, 5.41) is 2.72. The molecule has 3 aromatic rings. The number of methoxy groups -OCH3 is 1. The molecule has 0 aromatic heterocycles. The van der Waals surface area contributed by atoms with Crippen molar-refractivity contribution in [3.05, 3.63) is 77.9 Å². The van der Waals surface area contributed by atoms with Crippen LogP contribution in [0.5, 0.6) is 23.0 Å². The van der Waals surface area contributed by atoms with Gasteiger partial charge >= 0.3 is 5.97 Å². The van der Waals surface area contributed by atoms with Gasteiger partial charge in [-0.15, -0.1) is 0 Å². The van der Waals surface area contributed by atoms with Crippen LogP contribution in [-0.4, -0.2) is 38.3 Å². The molecular weight excluding hydrogens is 438 g/mol. The molecule has 1 atom stereocenters. The highest BCUT2D eigenvalue weighted by Gasteiger charge is 2.21. The van der Waals surface area contributed by atoms with E-state index in [9.17, 15) is 9.59 Å². The van der Waals surface area contributed by atoms with Gasteiger partial charge in [-0.2, -0.15) is 0 Å². The van der Waals surface area contributed by atoms with Gasteiger partial charge in [0.1, 0.15) is 19.8 Å². The van der Waals surface area contributed by atoms with Crippen LogP contribution in [0.3, 0.4) is 0 Å². The number of nitrogens with one attached hydrogen (secondary N) is 1. The van der Waals surface area contributed by atoms with E-state index >= 15 is 0 Å². The SMILES string of the molecule is COc1cc(C(=O)O[C@H](C)C(=O)Nc2ccc3c(c2)OCCO3)ccc1OCc1ccccc1. The number of ether oxygens (including phenoxy) is 5. The van der Waals surface area contributed by atoms with E-state index in [1.165, 1.54) is 20.1 Å². The third kappa shape index (κ3) is 5.58. The van der Waals surface area contributed by atoms with Crippen molar-refractivity contribution in [3.63, 3.8) is 0 Å². The quantitative estimate of drug-likeness (QED) is 0.500. The number of esters is 1. The van der Waals surface area contributed by atoms with Crippen molar-refractivity contribution in [2.45, 2.75) is 19.6 Å². The first-order valence-electron chi connectivity index (χ1n) is 10.8. The molecule has 0 bridgehead atoms. The Labute approximate surface area is 197 Å². The molecular formula is C26H25NO7. The molecule has 8 heteroatoms. The zero-order valence-electron chi connectivity index (χ0n) is 18.9. The number of amides is 1. The van der Waals surface area contributed by atoms with Gasteiger partial charge in [0.15, 0.2) is 29.1 Å². The number of carbonyl (C=O) groups excluding carboxylic acids is 2. The van der Waals surface area contributed by atoms with E-state index in [1.54, 1.807) is 30.3 Å². The highest BCUT2D eigenvalue weighted by molar-refractivity contribution is 5.97. The number of hydrogen-bond donors (Lipinski definition) is 1. The predicted molar refractivity (Wildman–Crippen MR) is 125 cm³/mol. The molecule has 8 nitrogen and oxygen atoms in total. The average molecular weight is 463 g/mol. The molecule has 1 N–H and O–H groups in total. The fourth-order valence-electron chi connectivity index (χ4n) is 3.30. The zero-order chi connectivity index (χ0) is 23.9. The Kier molecular flexibility index (Phi) is 7.17. The number of hydrogen-bond acceptors (Lipinski definition) is 7. The van der Waals surface area contributed by atoms with Crippen LogP contribution in [0.2, 0.25) is 0 Å². The zero-order valence-corrected chi connectivity index (χ0v) is 18.9. The van der Waals surface area contributed by atoms with Crippen LogP contribution < -0.4 is 24.3 Å². The largest absolute Gasteiger partial charge is 0.493 e. The number of carbonyl (C=O) groups is 2. The second-order valence-corrected chi connectivity index (χ2v) is 7.54. The van der Waals surface area contributed by atoms with Gasteiger partial charge in [-0.1, -0.05) is 30.3 Å². The molecule has 176 valence electrons. The molecule has 0 fully saturated rings. The summed E-state index contributed by atoms with van der Waals surface area (Å²) in [5.41, 5.74) is 1.76. The van der Waals surface area contributed by atoms with Crippen molar-refractivity contribution in [1.29, 1.82) is 0 Å². The fraction of sp³-hybridized carbons (Fsp3) is 0.231. The molecule has 1 heterocycles. The van der Waals surface area contributed by atoms with E-state index in [4.69, 9.17) is 23.7 Å². The van der Waals surface area contributed by atoms with E-state index in [0.29, 0.717) is 48.5 Å². The summed E-state index contributed by atoms with van der Waals surface area (Å²) in [7, 11) is 1.49. The maximum atomic E-state index is 12.6. The first kappa shape index (κ1) is 23.0. The highest BCUT2D eigenvalue weighted by Crippen LogP contribution is 2.33. The lowest BCUT2D eigenvalue weighted by Crippen LogP contribution is -2.30. The molecule has 34 heavy (non-hydrogen) atoms. The van der Waals surface area contributed by atoms with Gasteiger partial charge in [0.25, 0.3) is 5.91 Å². The topological polar surface area (TPSA) is 92.3 Å². The van der Waals surface area contributed by atoms with Gasteiger partial charge in [-0.3, -0.25) is 4.79 Å². The Hall–Kier alpha value is -4.20. The van der Waals surface area contributed by atoms with Gasteiger partial charge in [0.05, 0.1) is 12.7 Å². The van der Waals surface area contributed by atoms with E-state index in [1.807, 2.05) is 30.3 Å². The smallest absolute Gasteiger partial charge is 0.339 e. The third-order valence-electron chi connectivity index (χ3n) is 5.10. The Bertz CT molecular complexity index is 1160. The van der Waals surface area contributed by atoms with Crippen LogP contribution >= 0.6 is 0 Å². The maximum Gasteiger partial charge on any atom is 0.339 e. The Balaban J connectivity index is 1.36. The third-order valence-corrected chi connectivity index (χ3v) is 5.10. The summed E-state index contributed by atoms with van der Waals surface area (Å²) in [6.45, 7) is 2.78. The summed E-state index contributed by atoms with van der Waals surface area (Å²) < 4.78 is 27.5. The summed E-state index contributed by atoms with van der Waals surface area (Å²) >= 11 is 0. The molecule has 1 aliphatic heterocycles. The molecule has 0 unspecified atom stereocenters. The number of benzene rings is 3. The monoisotopic (exact) mass is 463 g/mol. The standard InChI is InChI=1S/C26H25NO7/c1-17(25(28)27-20-9-11-22-24(15-20)32-13-12-31-22)34-26(29)19-8-10-21(23(14-19)30-2)33-16-18-6-4-3-5-7-18/h3-11,14-15,17H,12-13,16H2,1-2H3,(H,27,28)/t17-/m1/s1. The summed E-state index contributed by atoms with van der Waals surface area (Å²) in [4.78, 5) is 25.2. The maximum absolute atomic E-state index is 12.6. The molecule has 1 aliphatic rings. The second-order valence-electron chi connectivity index (χ2n) is 7.54. The van der Waals surface area contributed by atoms with Crippen molar-refractivity contribution in [2.24, 2.45) is 0 Å². The Morgan fingerprint density at radius 3 is 2.47 bits per heavy atom. The van der Waals surface area contributed by atoms with Crippen molar-refractivity contribution in [1.82, 2.24) is 0 Å². The normalized spacial score (nSPS) is 12.9. The molecule has 1 amide bonds. The molecule has 0 saturated carbocycles. The van der Waals surface area contributed by atoms with E-state index in [2.05, 4.69) is 5.32 Å². The number of anilines is 1. The molecule has 3 aromatic carbocycles. The van der Waals surface area contributed by atoms with Crippen molar-refractivity contribution < 1.29 is 33.3 Å². The predicted octanol–water partition coefficient (Wildman–Crippen LogP) is 4.23. The molecule has 0 spiro atoms. The first-order chi connectivity index (χ1) is 16.5. The van der Waals surface area contributed by atoms with Gasteiger partial charge in [-0.05, 0) is 42.8 Å². The lowest BCUT2D eigenvalue weighted by Gasteiger charge is -2.19. The Morgan fingerprint density at radius 1 is 0.941 bits per heavy atom. The summed E-state index contributed by atoms with van der Waals surface area (Å²) in [6, 6.07) is 19.5. The van der Waals surface area contributed by atoms with Crippen LogP contribution in [0.15, 0.2) is 66.7 Å². The van der Waals surface area contributed by atoms with Crippen LogP contribution in [0.25, 0.3) is 0 Å². The average Bonchev–Trinajstić information content (AvgIpc) is 2.87. The summed E-state index contributed by atoms with van der Waals surface area (Å²) in [5.74, 6) is 0.924. The minimum absolute atomic E-state index is 0.239. The second kappa shape index (κ2) is 10.6. The number of fused-ring (bicyclic) bond motifs is 1. The van der Waals surface area contributed by atoms with E-state index in [0.717, 1.165) is 5.56 Å². The lowest BCUT2D eigenvalue weighted by molar-refractivity contribution is -0.123. The van der Waals surface area contributed by atoms with E-state index in [-0.39, 0.29) is 5.56 Å². The van der Waals surface area contributed by atoms with Gasteiger partial charge < -0.3 is 29.0 Å². The highest BCUT2D eigenvalue weighted by atomic mass is 16.6. The van der Waals surface area contributed by atoms with Crippen LogP contribution in [0.4, 0.5) is 5.69 Å². The first-order valence-corrected chi connectivity index (χ1v) is 10.8. The van der Waals surface area contributed by atoms with Crippen molar-refractivity contribution in [2.75, 3.05) is 25.6 Å². The molecule has 0 radical (unpaired) electrons. The molecule has 0 aliphatic carbocycles. The van der Waals surface area contributed by atoms with Crippen molar-refractivity contribution in [3.8, 4) is 23.0 Å². The minimum atomic E-state index is -1.03. The number of rotatable bonds is 8. The van der Waals surface area contributed by atoms with Crippen LogP contribution in [-0.2, 0) is 16.1 Å². The van der Waals surface area contributed by atoms with Crippen LogP contribution in [0, 0.1) is 0 Å². The van der Waals surface area contributed by atoms with Gasteiger partial charge in [-0.25, -0.2) is 4.79 Å². The lowest BCUT2D eigenvalue weighted by atomic mass is 10.2. The van der Waals surface area contributed by atoms with Crippen LogP contribution in [0.1, 0.15) is 22.8 Å². The molecule has 4 rings (SSSR count). The fourth-order valence-corrected chi connectivity index (χ4v) is 3.30. The summed E-state index contributed by atoms with van der Waals surface area (Å²) in [6.07, 6.45) is -1.03. The van der Waals surface area contributed by atoms with Gasteiger partial charge in [0.2, 0.25) is 0 Å². The van der Waals surface area contributed by atoms with Gasteiger partial charge in [0, 0.05) is 11.8 Å².